The van der Waals surface area contributed by atoms with Crippen LogP contribution in [0, 0.1) is 0 Å². The van der Waals surface area contributed by atoms with E-state index in [1.165, 1.54) is 16.2 Å². The molecular weight excluding hydrogens is 458 g/mol. The van der Waals surface area contributed by atoms with Gasteiger partial charge < -0.3 is 23.7 Å². The van der Waals surface area contributed by atoms with E-state index < -0.39 is 33.2 Å². The molecule has 1 aromatic heterocycles. The highest BCUT2D eigenvalue weighted by atomic mass is 32.2. The van der Waals surface area contributed by atoms with Crippen molar-refractivity contribution in [1.82, 2.24) is 9.47 Å². The Morgan fingerprint density at radius 3 is 2.66 bits per heavy atom. The van der Waals surface area contributed by atoms with E-state index in [4.69, 9.17) is 14.2 Å². The first-order valence-electron chi connectivity index (χ1n) is 10.2. The molecule has 1 saturated heterocycles. The zero-order valence-electron chi connectivity index (χ0n) is 18.1. The number of amides is 2. The fraction of sp³-hybridized carbons (Fsp3) is 0.550. The monoisotopic (exact) mass is 485 g/mol. The summed E-state index contributed by atoms with van der Waals surface area (Å²) in [6.07, 6.45) is 0. The van der Waals surface area contributed by atoms with Gasteiger partial charge in [0.1, 0.15) is 17.3 Å². The summed E-state index contributed by atoms with van der Waals surface area (Å²) in [7, 11) is -2.38. The Hall–Kier alpha value is -2.28. The predicted molar refractivity (Wildman–Crippen MR) is 119 cm³/mol. The summed E-state index contributed by atoms with van der Waals surface area (Å²) in [5, 5.41) is 0. The summed E-state index contributed by atoms with van der Waals surface area (Å²) in [6, 6.07) is 5.50. The lowest BCUT2D eigenvalue weighted by molar-refractivity contribution is -0.132. The molecule has 176 valence electrons. The van der Waals surface area contributed by atoms with Crippen LogP contribution in [0.4, 0.5) is 0 Å². The Kier molecular flexibility index (Phi) is 8.40. The van der Waals surface area contributed by atoms with E-state index in [0.29, 0.717) is 56.6 Å². The highest BCUT2D eigenvalue weighted by Gasteiger charge is 2.25. The number of sulfone groups is 1. The molecule has 2 amide bonds. The van der Waals surface area contributed by atoms with Crippen molar-refractivity contribution >= 4 is 43.2 Å². The number of thiazole rings is 1. The second kappa shape index (κ2) is 11.0. The molecule has 0 N–H and O–H groups in total. The molecule has 0 unspecified atom stereocenters. The molecule has 10 nitrogen and oxygen atoms in total. The zero-order valence-corrected chi connectivity index (χ0v) is 19.7. The lowest BCUT2D eigenvalue weighted by Gasteiger charge is -2.26. The number of hydrogen-bond acceptors (Lipinski definition) is 8. The molecule has 0 atom stereocenters. The van der Waals surface area contributed by atoms with E-state index in [1.807, 2.05) is 23.6 Å². The third-order valence-electron chi connectivity index (χ3n) is 4.82. The number of carbonyl (C=O) groups excluding carboxylic acids is 2. The summed E-state index contributed by atoms with van der Waals surface area (Å²) in [4.78, 5) is 30.6. The van der Waals surface area contributed by atoms with E-state index in [2.05, 4.69) is 4.99 Å². The summed E-state index contributed by atoms with van der Waals surface area (Å²) >= 11 is 1.26. The molecule has 0 saturated carbocycles. The van der Waals surface area contributed by atoms with Crippen LogP contribution in [0.1, 0.15) is 6.92 Å². The quantitative estimate of drug-likeness (QED) is 0.474. The lowest BCUT2D eigenvalue weighted by Crippen LogP contribution is -2.43. The number of ether oxygens (including phenoxy) is 3. The summed E-state index contributed by atoms with van der Waals surface area (Å²) in [5.41, 5.74) is 0.840. The summed E-state index contributed by atoms with van der Waals surface area (Å²) < 4.78 is 43.4. The molecule has 0 spiro atoms. The van der Waals surface area contributed by atoms with Crippen LogP contribution < -0.4 is 9.54 Å². The van der Waals surface area contributed by atoms with Gasteiger partial charge in [0, 0.05) is 26.2 Å². The van der Waals surface area contributed by atoms with Crippen molar-refractivity contribution in [2.45, 2.75) is 13.5 Å². The molecule has 2 aromatic rings. The average Bonchev–Trinajstić information content (AvgIpc) is 3.09. The molecule has 1 fully saturated rings. The van der Waals surface area contributed by atoms with Gasteiger partial charge in [-0.05, 0) is 25.1 Å². The molecule has 3 rings (SSSR count). The van der Waals surface area contributed by atoms with Gasteiger partial charge in [-0.3, -0.25) is 9.59 Å². The fourth-order valence-corrected chi connectivity index (χ4v) is 5.46. The van der Waals surface area contributed by atoms with Gasteiger partial charge in [-0.25, -0.2) is 8.42 Å². The lowest BCUT2D eigenvalue weighted by atomic mass is 10.3. The standard InChI is InChI=1S/C20H27N3O7S2/c1-3-29-11-8-23-16-5-4-15(28-2)12-17(16)31-20(23)21-18(24)13-32(26,27)14-19(25)22-6-9-30-10-7-22/h4-5,12H,3,6-11,13-14H2,1-2H3. The maximum absolute atomic E-state index is 12.5. The van der Waals surface area contributed by atoms with Crippen LogP contribution in [0.3, 0.4) is 0 Å². The number of fused-ring (bicyclic) bond motifs is 1. The normalized spacial score (nSPS) is 15.3. The Balaban J connectivity index is 1.80. The number of aromatic nitrogens is 1. The van der Waals surface area contributed by atoms with E-state index in [1.54, 1.807) is 13.2 Å². The van der Waals surface area contributed by atoms with Gasteiger partial charge in [-0.1, -0.05) is 11.3 Å². The number of rotatable bonds is 9. The van der Waals surface area contributed by atoms with Crippen LogP contribution in [0.25, 0.3) is 10.2 Å². The van der Waals surface area contributed by atoms with Crippen LogP contribution in [0.5, 0.6) is 5.75 Å². The van der Waals surface area contributed by atoms with Crippen molar-refractivity contribution in [2.75, 3.05) is 58.1 Å². The third-order valence-corrected chi connectivity index (χ3v) is 7.24. The van der Waals surface area contributed by atoms with Crippen LogP contribution in [-0.4, -0.2) is 87.8 Å². The van der Waals surface area contributed by atoms with Gasteiger partial charge in [0.05, 0.1) is 37.1 Å². The number of morpholine rings is 1. The van der Waals surface area contributed by atoms with Gasteiger partial charge in [0.15, 0.2) is 14.6 Å². The van der Waals surface area contributed by atoms with Gasteiger partial charge in [-0.15, -0.1) is 0 Å². The van der Waals surface area contributed by atoms with Crippen molar-refractivity contribution in [3.05, 3.63) is 23.0 Å². The molecule has 1 aliphatic heterocycles. The Bertz CT molecular complexity index is 1130. The molecule has 32 heavy (non-hydrogen) atoms. The molecule has 0 bridgehead atoms. The number of nitrogens with zero attached hydrogens (tertiary/aromatic N) is 3. The smallest absolute Gasteiger partial charge is 0.263 e. The van der Waals surface area contributed by atoms with Crippen molar-refractivity contribution in [1.29, 1.82) is 0 Å². The van der Waals surface area contributed by atoms with Crippen LogP contribution in [-0.2, 0) is 35.4 Å². The second-order valence-corrected chi connectivity index (χ2v) is 10.2. The topological polar surface area (TPSA) is 117 Å². The van der Waals surface area contributed by atoms with Gasteiger partial charge in [0.2, 0.25) is 5.91 Å². The second-order valence-electron chi connectivity index (χ2n) is 7.10. The van der Waals surface area contributed by atoms with E-state index in [-0.39, 0.29) is 0 Å². The van der Waals surface area contributed by atoms with E-state index in [9.17, 15) is 18.0 Å². The Morgan fingerprint density at radius 1 is 1.22 bits per heavy atom. The minimum absolute atomic E-state index is 0.345. The van der Waals surface area contributed by atoms with Crippen molar-refractivity contribution < 1.29 is 32.2 Å². The maximum Gasteiger partial charge on any atom is 0.263 e. The molecule has 0 aliphatic carbocycles. The maximum atomic E-state index is 12.5. The SMILES string of the molecule is CCOCCn1c(=NC(=O)CS(=O)(=O)CC(=O)N2CCOCC2)sc2cc(OC)ccc21. The van der Waals surface area contributed by atoms with Gasteiger partial charge in [-0.2, -0.15) is 4.99 Å². The molecule has 0 radical (unpaired) electrons. The molecule has 12 heteroatoms. The van der Waals surface area contributed by atoms with Crippen molar-refractivity contribution in [2.24, 2.45) is 4.99 Å². The molecule has 1 aliphatic rings. The number of carbonyl (C=O) groups is 2. The fourth-order valence-electron chi connectivity index (χ4n) is 3.25. The van der Waals surface area contributed by atoms with Crippen LogP contribution >= 0.6 is 11.3 Å². The average molecular weight is 486 g/mol. The van der Waals surface area contributed by atoms with Gasteiger partial charge >= 0.3 is 0 Å². The highest BCUT2D eigenvalue weighted by molar-refractivity contribution is 7.92. The summed E-state index contributed by atoms with van der Waals surface area (Å²) in [6.45, 7) is 4.75. The summed E-state index contributed by atoms with van der Waals surface area (Å²) in [5.74, 6) is -2.23. The zero-order chi connectivity index (χ0) is 23.1. The minimum atomic E-state index is -3.95. The first kappa shape index (κ1) is 24.4. The van der Waals surface area contributed by atoms with E-state index in [0.717, 1.165) is 10.2 Å². The predicted octanol–water partition coefficient (Wildman–Crippen LogP) is 0.449. The molecule has 1 aromatic carbocycles. The Labute approximate surface area is 190 Å². The molecular formula is C20H27N3O7S2. The number of benzene rings is 1. The third kappa shape index (κ3) is 6.37. The van der Waals surface area contributed by atoms with Crippen molar-refractivity contribution in [3.63, 3.8) is 0 Å². The first-order valence-corrected chi connectivity index (χ1v) is 12.9. The molecule has 2 heterocycles. The number of hydrogen-bond donors (Lipinski definition) is 0. The minimum Gasteiger partial charge on any atom is -0.497 e. The Morgan fingerprint density at radius 2 is 1.97 bits per heavy atom. The highest BCUT2D eigenvalue weighted by Crippen LogP contribution is 2.23. The van der Waals surface area contributed by atoms with Crippen LogP contribution in [0.2, 0.25) is 0 Å². The van der Waals surface area contributed by atoms with Gasteiger partial charge in [0.25, 0.3) is 5.91 Å². The largest absolute Gasteiger partial charge is 0.497 e. The number of methoxy groups -OCH3 is 1. The van der Waals surface area contributed by atoms with Crippen molar-refractivity contribution in [3.8, 4) is 5.75 Å². The van der Waals surface area contributed by atoms with Crippen LogP contribution in [0.15, 0.2) is 23.2 Å². The van der Waals surface area contributed by atoms with E-state index >= 15 is 0 Å². The first-order chi connectivity index (χ1) is 15.3.